The zero-order valence-electron chi connectivity index (χ0n) is 12.0. The minimum absolute atomic E-state index is 0.0205. The molecule has 0 spiro atoms. The molecule has 0 aliphatic carbocycles. The number of aromatic nitrogens is 2. The molecule has 1 atom stereocenters. The molecule has 1 heterocycles. The van der Waals surface area contributed by atoms with Crippen LogP contribution < -0.4 is 10.2 Å². The van der Waals surface area contributed by atoms with Crippen LogP contribution in [0.1, 0.15) is 38.2 Å². The number of hydrogen-bond acceptors (Lipinski definition) is 4. The molecular weight excluding hydrogens is 228 g/mol. The van der Waals surface area contributed by atoms with E-state index >= 15 is 0 Å². The van der Waals surface area contributed by atoms with E-state index in [1.54, 1.807) is 6.20 Å². The van der Waals surface area contributed by atoms with Gasteiger partial charge in [-0.2, -0.15) is 0 Å². The molecule has 0 aromatic carbocycles. The molecule has 0 saturated heterocycles. The van der Waals surface area contributed by atoms with Crippen molar-refractivity contribution < 1.29 is 4.79 Å². The van der Waals surface area contributed by atoms with Crippen molar-refractivity contribution in [3.05, 3.63) is 18.1 Å². The van der Waals surface area contributed by atoms with Gasteiger partial charge in [-0.3, -0.25) is 4.79 Å². The van der Waals surface area contributed by atoms with Gasteiger partial charge in [0.1, 0.15) is 11.5 Å². The number of carbonyl (C=O) groups excluding carboxylic acids is 1. The van der Waals surface area contributed by atoms with E-state index in [0.29, 0.717) is 5.69 Å². The topological polar surface area (TPSA) is 58.1 Å². The Morgan fingerprint density at radius 1 is 1.28 bits per heavy atom. The highest BCUT2D eigenvalue weighted by Crippen LogP contribution is 2.18. The maximum absolute atomic E-state index is 12.0. The number of anilines is 1. The molecule has 0 aliphatic rings. The minimum Gasteiger partial charge on any atom is -0.361 e. The van der Waals surface area contributed by atoms with Gasteiger partial charge in [-0.1, -0.05) is 20.8 Å². The lowest BCUT2D eigenvalue weighted by molar-refractivity contribution is 0.0904. The van der Waals surface area contributed by atoms with Gasteiger partial charge in [0.15, 0.2) is 0 Å². The van der Waals surface area contributed by atoms with Crippen LogP contribution in [-0.2, 0) is 0 Å². The molecule has 0 saturated carbocycles. The third-order valence-corrected chi connectivity index (χ3v) is 2.98. The number of hydrogen-bond donors (Lipinski definition) is 1. The Labute approximate surface area is 109 Å². The zero-order chi connectivity index (χ0) is 13.9. The first-order valence-electron chi connectivity index (χ1n) is 6.02. The van der Waals surface area contributed by atoms with E-state index in [2.05, 4.69) is 36.1 Å². The Morgan fingerprint density at radius 3 is 2.28 bits per heavy atom. The second kappa shape index (κ2) is 5.33. The van der Waals surface area contributed by atoms with Crippen molar-refractivity contribution in [2.24, 2.45) is 5.41 Å². The van der Waals surface area contributed by atoms with Crippen molar-refractivity contribution in [3.63, 3.8) is 0 Å². The fraction of sp³-hybridized carbons (Fsp3) is 0.615. The normalized spacial score (nSPS) is 13.0. The van der Waals surface area contributed by atoms with Gasteiger partial charge in [-0.25, -0.2) is 9.97 Å². The average Bonchev–Trinajstić information content (AvgIpc) is 2.27. The molecule has 0 radical (unpaired) electrons. The smallest absolute Gasteiger partial charge is 0.271 e. The van der Waals surface area contributed by atoms with Crippen molar-refractivity contribution in [1.29, 1.82) is 0 Å². The van der Waals surface area contributed by atoms with Gasteiger partial charge >= 0.3 is 0 Å². The van der Waals surface area contributed by atoms with Crippen LogP contribution in [0, 0.1) is 5.41 Å². The van der Waals surface area contributed by atoms with Crippen LogP contribution in [0.5, 0.6) is 0 Å². The van der Waals surface area contributed by atoms with Crippen LogP contribution in [0.2, 0.25) is 0 Å². The van der Waals surface area contributed by atoms with Gasteiger partial charge in [0.2, 0.25) is 0 Å². The fourth-order valence-corrected chi connectivity index (χ4v) is 1.16. The molecule has 1 rings (SSSR count). The summed E-state index contributed by atoms with van der Waals surface area (Å²) >= 11 is 0. The first kappa shape index (κ1) is 14.4. The van der Waals surface area contributed by atoms with Gasteiger partial charge in [-0.15, -0.1) is 0 Å². The molecule has 0 aliphatic heterocycles. The van der Waals surface area contributed by atoms with Crippen LogP contribution in [0.4, 0.5) is 5.82 Å². The Bertz CT molecular complexity index is 406. The van der Waals surface area contributed by atoms with Gasteiger partial charge in [-0.05, 0) is 12.3 Å². The number of rotatable bonds is 3. The van der Waals surface area contributed by atoms with Gasteiger partial charge < -0.3 is 10.2 Å². The number of carbonyl (C=O) groups is 1. The van der Waals surface area contributed by atoms with Crippen LogP contribution in [0.25, 0.3) is 0 Å². The third kappa shape index (κ3) is 3.68. The summed E-state index contributed by atoms with van der Waals surface area (Å²) in [5.41, 5.74) is 0.365. The Morgan fingerprint density at radius 2 is 1.89 bits per heavy atom. The number of nitrogens with zero attached hydrogens (tertiary/aromatic N) is 3. The number of amides is 1. The Balaban J connectivity index is 2.73. The lowest BCUT2D eigenvalue weighted by atomic mass is 9.88. The van der Waals surface area contributed by atoms with Gasteiger partial charge in [0.25, 0.3) is 5.91 Å². The molecule has 1 aromatic rings. The van der Waals surface area contributed by atoms with E-state index in [-0.39, 0.29) is 17.4 Å². The van der Waals surface area contributed by atoms with Crippen molar-refractivity contribution in [3.8, 4) is 0 Å². The molecule has 1 amide bonds. The van der Waals surface area contributed by atoms with Crippen LogP contribution in [-0.4, -0.2) is 36.0 Å². The largest absolute Gasteiger partial charge is 0.361 e. The van der Waals surface area contributed by atoms with E-state index in [1.807, 2.05) is 25.9 Å². The van der Waals surface area contributed by atoms with E-state index in [4.69, 9.17) is 0 Å². The summed E-state index contributed by atoms with van der Waals surface area (Å²) in [6.45, 7) is 8.23. The van der Waals surface area contributed by atoms with E-state index in [0.717, 1.165) is 5.82 Å². The molecular formula is C13H22N4O. The summed E-state index contributed by atoms with van der Waals surface area (Å²) < 4.78 is 0. The highest BCUT2D eigenvalue weighted by Gasteiger charge is 2.22. The molecule has 1 aromatic heterocycles. The maximum Gasteiger partial charge on any atom is 0.271 e. The molecule has 1 N–H and O–H groups in total. The van der Waals surface area contributed by atoms with Gasteiger partial charge in [0.05, 0.1) is 12.4 Å². The van der Waals surface area contributed by atoms with E-state index < -0.39 is 0 Å². The molecule has 0 unspecified atom stereocenters. The second-order valence-electron chi connectivity index (χ2n) is 5.72. The standard InChI is InChI=1S/C13H22N4O/c1-9(13(2,3)4)16-12(18)10-7-15-11(8-14-10)17(5)6/h7-9H,1-6H3,(H,16,18)/t9-/m1/s1. The molecule has 18 heavy (non-hydrogen) atoms. The molecule has 5 nitrogen and oxygen atoms in total. The van der Waals surface area contributed by atoms with Crippen molar-refractivity contribution >= 4 is 11.7 Å². The predicted octanol–water partition coefficient (Wildman–Crippen LogP) is 1.71. The quantitative estimate of drug-likeness (QED) is 0.887. The van der Waals surface area contributed by atoms with Crippen LogP contribution in [0.3, 0.4) is 0 Å². The summed E-state index contributed by atoms with van der Waals surface area (Å²) in [6.07, 6.45) is 3.09. The second-order valence-corrected chi connectivity index (χ2v) is 5.72. The number of nitrogens with one attached hydrogen (secondary N) is 1. The van der Waals surface area contributed by atoms with E-state index in [9.17, 15) is 4.79 Å². The molecule has 0 bridgehead atoms. The van der Waals surface area contributed by atoms with Crippen molar-refractivity contribution in [1.82, 2.24) is 15.3 Å². The lowest BCUT2D eigenvalue weighted by Gasteiger charge is -2.27. The van der Waals surface area contributed by atoms with Crippen LogP contribution >= 0.6 is 0 Å². The molecule has 5 heteroatoms. The lowest BCUT2D eigenvalue weighted by Crippen LogP contribution is -2.41. The first-order valence-corrected chi connectivity index (χ1v) is 6.02. The summed E-state index contributed by atoms with van der Waals surface area (Å²) in [7, 11) is 3.76. The molecule has 100 valence electrons. The van der Waals surface area contributed by atoms with Crippen molar-refractivity contribution in [2.45, 2.75) is 33.7 Å². The minimum atomic E-state index is -0.185. The summed E-state index contributed by atoms with van der Waals surface area (Å²) in [4.78, 5) is 22.1. The van der Waals surface area contributed by atoms with Crippen LogP contribution in [0.15, 0.2) is 12.4 Å². The Kier molecular flexibility index (Phi) is 4.27. The Hall–Kier alpha value is -1.65. The maximum atomic E-state index is 12.0. The van der Waals surface area contributed by atoms with Crippen molar-refractivity contribution in [2.75, 3.05) is 19.0 Å². The summed E-state index contributed by atoms with van der Waals surface area (Å²) in [6, 6.07) is 0.0697. The first-order chi connectivity index (χ1) is 8.21. The summed E-state index contributed by atoms with van der Waals surface area (Å²) in [5.74, 6) is 0.547. The van der Waals surface area contributed by atoms with E-state index in [1.165, 1.54) is 6.20 Å². The molecule has 0 fully saturated rings. The van der Waals surface area contributed by atoms with Gasteiger partial charge in [0, 0.05) is 20.1 Å². The monoisotopic (exact) mass is 250 g/mol. The predicted molar refractivity (Wildman–Crippen MR) is 72.7 cm³/mol. The fourth-order valence-electron chi connectivity index (χ4n) is 1.16. The third-order valence-electron chi connectivity index (χ3n) is 2.98. The zero-order valence-corrected chi connectivity index (χ0v) is 12.0. The highest BCUT2D eigenvalue weighted by atomic mass is 16.1. The average molecular weight is 250 g/mol. The summed E-state index contributed by atoms with van der Waals surface area (Å²) in [5, 5.41) is 2.93. The SMILES string of the molecule is C[C@@H](NC(=O)c1cnc(N(C)C)cn1)C(C)(C)C. The highest BCUT2D eigenvalue weighted by molar-refractivity contribution is 5.92.